The number of aromatic nitrogens is 7. The Labute approximate surface area is 191 Å². The molecule has 2 amide bonds. The first-order chi connectivity index (χ1) is 15.5. The third kappa shape index (κ3) is 3.74. The van der Waals surface area contributed by atoms with Crippen LogP contribution in [0.1, 0.15) is 18.5 Å². The van der Waals surface area contributed by atoms with Crippen molar-refractivity contribution in [1.82, 2.24) is 34.6 Å². The van der Waals surface area contributed by atoms with Gasteiger partial charge in [-0.1, -0.05) is 23.2 Å². The van der Waals surface area contributed by atoms with E-state index in [2.05, 4.69) is 35.9 Å². The molecule has 0 spiro atoms. The van der Waals surface area contributed by atoms with Crippen LogP contribution in [-0.4, -0.2) is 54.3 Å². The molecule has 2 N–H and O–H groups in total. The molecule has 0 bridgehead atoms. The summed E-state index contributed by atoms with van der Waals surface area (Å²) in [6.07, 6.45) is 7.89. The monoisotopic (exact) mass is 473 g/mol. The number of nitrogens with zero attached hydrogens (tertiary/aromatic N) is 7. The second-order valence-electron chi connectivity index (χ2n) is 7.40. The minimum atomic E-state index is -0.485. The number of rotatable bonds is 6. The Hall–Kier alpha value is -3.28. The molecule has 164 valence electrons. The molecular formula is C19H17Cl2N9O2. The summed E-state index contributed by atoms with van der Waals surface area (Å²) in [5.41, 5.74) is 2.04. The second kappa shape index (κ2) is 8.01. The number of anilines is 2. The molecular weight excluding hydrogens is 457 g/mol. The number of amides is 2. The Morgan fingerprint density at radius 1 is 1.16 bits per heavy atom. The van der Waals surface area contributed by atoms with Crippen molar-refractivity contribution in [2.24, 2.45) is 0 Å². The van der Waals surface area contributed by atoms with Crippen LogP contribution in [0.3, 0.4) is 0 Å². The predicted octanol–water partition coefficient (Wildman–Crippen LogP) is 3.33. The highest BCUT2D eigenvalue weighted by atomic mass is 35.5. The molecule has 1 aliphatic carbocycles. The van der Waals surface area contributed by atoms with Gasteiger partial charge in [0, 0.05) is 18.6 Å². The first-order valence-electron chi connectivity index (χ1n) is 9.63. The van der Waals surface area contributed by atoms with Crippen LogP contribution >= 0.6 is 23.2 Å². The number of nitrogens with one attached hydrogen (secondary N) is 2. The van der Waals surface area contributed by atoms with Gasteiger partial charge in [-0.2, -0.15) is 15.3 Å². The fraction of sp³-hybridized carbons (Fsp3) is 0.263. The molecule has 1 fully saturated rings. The molecule has 0 unspecified atom stereocenters. The van der Waals surface area contributed by atoms with Crippen LogP contribution in [0.5, 0.6) is 0 Å². The zero-order valence-corrected chi connectivity index (χ0v) is 18.3. The Bertz CT molecular complexity index is 1300. The van der Waals surface area contributed by atoms with Crippen molar-refractivity contribution in [3.8, 4) is 5.82 Å². The van der Waals surface area contributed by atoms with Crippen molar-refractivity contribution in [3.63, 3.8) is 0 Å². The molecule has 0 radical (unpaired) electrons. The number of ether oxygens (including phenoxy) is 1. The predicted molar refractivity (Wildman–Crippen MR) is 118 cm³/mol. The number of hydrogen-bond donors (Lipinski definition) is 2. The average molecular weight is 474 g/mol. The van der Waals surface area contributed by atoms with Gasteiger partial charge in [0.1, 0.15) is 0 Å². The first-order valence-corrected chi connectivity index (χ1v) is 10.4. The van der Waals surface area contributed by atoms with Gasteiger partial charge in [0.15, 0.2) is 16.6 Å². The minimum Gasteiger partial charge on any atom is -0.384 e. The van der Waals surface area contributed by atoms with E-state index in [0.29, 0.717) is 34.6 Å². The van der Waals surface area contributed by atoms with Crippen LogP contribution in [-0.2, 0) is 10.2 Å². The smallest absolute Gasteiger partial charge is 0.323 e. The van der Waals surface area contributed by atoms with E-state index in [-0.39, 0.29) is 10.4 Å². The standard InChI is InChI=1S/C19H17Cl2N9O2/c1-32-10-19(2-3-19)16-13(9-22-15-7-14(21)28-29(15)16)27-18(31)26-11-6-12(20)17(23-8-11)30-24-4-5-25-30/h4-9H,2-3,10H2,1H3,(H2,26,27,31). The van der Waals surface area contributed by atoms with Gasteiger partial charge in [-0.15, -0.1) is 4.80 Å². The SMILES string of the molecule is COCC1(c2c(NC(=O)Nc3cnc(-n4nccn4)c(Cl)c3)cnc3cc(Cl)nn23)CC1. The van der Waals surface area contributed by atoms with Gasteiger partial charge >= 0.3 is 6.03 Å². The second-order valence-corrected chi connectivity index (χ2v) is 8.19. The summed E-state index contributed by atoms with van der Waals surface area (Å²) in [5, 5.41) is 18.5. The van der Waals surface area contributed by atoms with Crippen molar-refractivity contribution >= 4 is 46.3 Å². The van der Waals surface area contributed by atoms with E-state index in [0.717, 1.165) is 18.5 Å². The van der Waals surface area contributed by atoms with Crippen LogP contribution in [0.25, 0.3) is 11.5 Å². The molecule has 0 saturated heterocycles. The number of methoxy groups -OCH3 is 1. The van der Waals surface area contributed by atoms with E-state index in [9.17, 15) is 4.79 Å². The lowest BCUT2D eigenvalue weighted by atomic mass is 10.0. The van der Waals surface area contributed by atoms with Crippen LogP contribution in [0.4, 0.5) is 16.2 Å². The van der Waals surface area contributed by atoms with E-state index in [1.165, 1.54) is 23.4 Å². The van der Waals surface area contributed by atoms with Crippen LogP contribution < -0.4 is 10.6 Å². The number of fused-ring (bicyclic) bond motifs is 1. The summed E-state index contributed by atoms with van der Waals surface area (Å²) >= 11 is 12.4. The Morgan fingerprint density at radius 3 is 2.62 bits per heavy atom. The summed E-state index contributed by atoms with van der Waals surface area (Å²) in [6.45, 7) is 0.488. The normalized spacial score (nSPS) is 14.5. The van der Waals surface area contributed by atoms with Crippen LogP contribution in [0.15, 0.2) is 36.9 Å². The topological polar surface area (TPSA) is 124 Å². The van der Waals surface area contributed by atoms with Gasteiger partial charge in [0.05, 0.1) is 53.5 Å². The zero-order valence-electron chi connectivity index (χ0n) is 16.8. The van der Waals surface area contributed by atoms with Gasteiger partial charge in [0.25, 0.3) is 0 Å². The van der Waals surface area contributed by atoms with E-state index in [4.69, 9.17) is 27.9 Å². The molecule has 4 heterocycles. The number of halogens is 2. The molecule has 0 aromatic carbocycles. The lowest BCUT2D eigenvalue weighted by Crippen LogP contribution is -2.26. The summed E-state index contributed by atoms with van der Waals surface area (Å²) in [6, 6.07) is 2.75. The molecule has 13 heteroatoms. The molecule has 4 aromatic heterocycles. The maximum absolute atomic E-state index is 12.8. The summed E-state index contributed by atoms with van der Waals surface area (Å²) in [5.74, 6) is 0.352. The number of urea groups is 1. The quantitative estimate of drug-likeness (QED) is 0.439. The number of carbonyl (C=O) groups excluding carboxylic acids is 1. The van der Waals surface area contributed by atoms with E-state index in [1.807, 2.05) is 0 Å². The molecule has 1 aliphatic rings. The number of hydrogen-bond acceptors (Lipinski definition) is 7. The highest BCUT2D eigenvalue weighted by Gasteiger charge is 2.48. The Kier molecular flexibility index (Phi) is 5.16. The highest BCUT2D eigenvalue weighted by molar-refractivity contribution is 6.32. The Balaban J connectivity index is 1.41. The molecule has 5 rings (SSSR count). The summed E-state index contributed by atoms with van der Waals surface area (Å²) < 4.78 is 7.09. The van der Waals surface area contributed by atoms with E-state index in [1.54, 1.807) is 30.0 Å². The lowest BCUT2D eigenvalue weighted by Gasteiger charge is -2.20. The minimum absolute atomic E-state index is 0.267. The van der Waals surface area contributed by atoms with Crippen molar-refractivity contribution in [1.29, 1.82) is 0 Å². The third-order valence-corrected chi connectivity index (χ3v) is 5.63. The molecule has 4 aromatic rings. The van der Waals surface area contributed by atoms with Crippen molar-refractivity contribution in [2.45, 2.75) is 18.3 Å². The number of carbonyl (C=O) groups is 1. The average Bonchev–Trinajstić information content (AvgIpc) is 3.15. The van der Waals surface area contributed by atoms with Gasteiger partial charge in [-0.25, -0.2) is 19.3 Å². The lowest BCUT2D eigenvalue weighted by molar-refractivity contribution is 0.169. The van der Waals surface area contributed by atoms with Crippen LogP contribution in [0.2, 0.25) is 10.2 Å². The van der Waals surface area contributed by atoms with Gasteiger partial charge < -0.3 is 15.4 Å². The van der Waals surface area contributed by atoms with Crippen molar-refractivity contribution < 1.29 is 9.53 Å². The molecule has 11 nitrogen and oxygen atoms in total. The summed E-state index contributed by atoms with van der Waals surface area (Å²) in [4.78, 5) is 22.6. The zero-order chi connectivity index (χ0) is 22.3. The maximum atomic E-state index is 12.8. The molecule has 0 aliphatic heterocycles. The maximum Gasteiger partial charge on any atom is 0.323 e. The summed E-state index contributed by atoms with van der Waals surface area (Å²) in [7, 11) is 1.65. The van der Waals surface area contributed by atoms with Gasteiger partial charge in [0.2, 0.25) is 0 Å². The first kappa shape index (κ1) is 20.6. The highest BCUT2D eigenvalue weighted by Crippen LogP contribution is 2.50. The molecule has 1 saturated carbocycles. The van der Waals surface area contributed by atoms with Crippen LogP contribution in [0, 0.1) is 0 Å². The van der Waals surface area contributed by atoms with Gasteiger partial charge in [-0.3, -0.25) is 0 Å². The van der Waals surface area contributed by atoms with Crippen molar-refractivity contribution in [2.75, 3.05) is 24.4 Å². The molecule has 0 atom stereocenters. The van der Waals surface area contributed by atoms with E-state index >= 15 is 0 Å². The van der Waals surface area contributed by atoms with Gasteiger partial charge in [-0.05, 0) is 18.9 Å². The third-order valence-electron chi connectivity index (χ3n) is 5.17. The van der Waals surface area contributed by atoms with E-state index < -0.39 is 6.03 Å². The fourth-order valence-electron chi connectivity index (χ4n) is 3.64. The Morgan fingerprint density at radius 2 is 1.94 bits per heavy atom. The fourth-order valence-corrected chi connectivity index (χ4v) is 4.06. The number of pyridine rings is 1. The largest absolute Gasteiger partial charge is 0.384 e. The van der Waals surface area contributed by atoms with Crippen molar-refractivity contribution in [3.05, 3.63) is 52.8 Å². The molecule has 32 heavy (non-hydrogen) atoms.